The van der Waals surface area contributed by atoms with E-state index in [-0.39, 0.29) is 28.5 Å². The summed E-state index contributed by atoms with van der Waals surface area (Å²) in [5.41, 5.74) is 0.761. The zero-order valence-electron chi connectivity index (χ0n) is 9.31. The lowest BCUT2D eigenvalue weighted by Crippen LogP contribution is -2.36. The smallest absolute Gasteiger partial charge is 0.153 e. The lowest BCUT2D eigenvalue weighted by Gasteiger charge is -2.24. The Morgan fingerprint density at radius 2 is 2.17 bits per heavy atom. The third-order valence-corrected chi connectivity index (χ3v) is 6.76. The Morgan fingerprint density at radius 3 is 2.89 bits per heavy atom. The third kappa shape index (κ3) is 2.00. The highest BCUT2D eigenvalue weighted by Crippen LogP contribution is 2.41. The van der Waals surface area contributed by atoms with Crippen LogP contribution >= 0.6 is 24.0 Å². The molecule has 18 heavy (non-hydrogen) atoms. The Hall–Kier alpha value is -0.790. The van der Waals surface area contributed by atoms with Crippen molar-refractivity contribution in [3.63, 3.8) is 0 Å². The number of hydrogen-bond donors (Lipinski definition) is 1. The van der Waals surface area contributed by atoms with Crippen molar-refractivity contribution in [2.75, 3.05) is 16.4 Å². The van der Waals surface area contributed by atoms with Gasteiger partial charge in [-0.1, -0.05) is 30.0 Å². The Labute approximate surface area is 115 Å². The molecule has 0 aliphatic carbocycles. The van der Waals surface area contributed by atoms with E-state index in [2.05, 4.69) is 0 Å². The normalized spacial score (nSPS) is 29.6. The standard InChI is InChI=1S/C11H11NO3S3/c13-8-3-1-2-7(4-8)12-9-5-18(14,15)6-10(9)17-11(12)16/h1-4,9-10,13H,5-6H2/t9-,10-/m1/s1. The molecule has 2 aliphatic rings. The molecule has 1 aromatic carbocycles. The van der Waals surface area contributed by atoms with Crippen LogP contribution < -0.4 is 4.90 Å². The summed E-state index contributed by atoms with van der Waals surface area (Å²) in [6, 6.07) is 6.65. The summed E-state index contributed by atoms with van der Waals surface area (Å²) in [6.45, 7) is 0. The fourth-order valence-electron chi connectivity index (χ4n) is 2.41. The summed E-state index contributed by atoms with van der Waals surface area (Å²) in [5, 5.41) is 9.53. The van der Waals surface area contributed by atoms with E-state index in [1.165, 1.54) is 11.8 Å². The molecule has 0 bridgehead atoms. The van der Waals surface area contributed by atoms with Crippen LogP contribution in [-0.4, -0.2) is 40.6 Å². The second-order valence-electron chi connectivity index (χ2n) is 4.46. The molecule has 1 aromatic rings. The van der Waals surface area contributed by atoms with E-state index in [1.54, 1.807) is 18.2 Å². The van der Waals surface area contributed by atoms with E-state index < -0.39 is 9.84 Å². The van der Waals surface area contributed by atoms with Crippen LogP contribution in [0.1, 0.15) is 0 Å². The predicted molar refractivity (Wildman–Crippen MR) is 77.0 cm³/mol. The van der Waals surface area contributed by atoms with Crippen LogP contribution in [0.3, 0.4) is 0 Å². The number of rotatable bonds is 1. The van der Waals surface area contributed by atoms with E-state index in [1.807, 2.05) is 11.0 Å². The Balaban J connectivity index is 1.99. The molecule has 2 aliphatic heterocycles. The number of fused-ring (bicyclic) bond motifs is 1. The summed E-state index contributed by atoms with van der Waals surface area (Å²) in [4.78, 5) is 1.86. The molecular formula is C11H11NO3S3. The van der Waals surface area contributed by atoms with E-state index in [4.69, 9.17) is 12.2 Å². The van der Waals surface area contributed by atoms with Crippen LogP contribution in [0.2, 0.25) is 0 Å². The minimum atomic E-state index is -2.96. The van der Waals surface area contributed by atoms with Gasteiger partial charge in [-0.05, 0) is 12.1 Å². The van der Waals surface area contributed by atoms with Crippen LogP contribution in [0.25, 0.3) is 0 Å². The minimum Gasteiger partial charge on any atom is -0.508 e. The van der Waals surface area contributed by atoms with Gasteiger partial charge in [-0.2, -0.15) is 0 Å². The van der Waals surface area contributed by atoms with Gasteiger partial charge >= 0.3 is 0 Å². The van der Waals surface area contributed by atoms with Crippen molar-refractivity contribution in [1.82, 2.24) is 0 Å². The molecule has 7 heteroatoms. The number of hydrogen-bond acceptors (Lipinski definition) is 5. The lowest BCUT2D eigenvalue weighted by atomic mass is 10.2. The lowest BCUT2D eigenvalue weighted by molar-refractivity contribution is 0.475. The number of thioether (sulfide) groups is 1. The van der Waals surface area contributed by atoms with Crippen molar-refractivity contribution >= 4 is 43.8 Å². The van der Waals surface area contributed by atoms with Crippen molar-refractivity contribution in [2.45, 2.75) is 11.3 Å². The number of aromatic hydroxyl groups is 1. The van der Waals surface area contributed by atoms with Crippen molar-refractivity contribution in [2.24, 2.45) is 0 Å². The van der Waals surface area contributed by atoms with Crippen molar-refractivity contribution in [3.05, 3.63) is 24.3 Å². The molecule has 0 radical (unpaired) electrons. The van der Waals surface area contributed by atoms with Gasteiger partial charge in [-0.15, -0.1) is 0 Å². The number of phenols is 1. The van der Waals surface area contributed by atoms with Gasteiger partial charge in [0.2, 0.25) is 0 Å². The maximum atomic E-state index is 11.7. The molecule has 0 aromatic heterocycles. The van der Waals surface area contributed by atoms with Crippen LogP contribution in [0.15, 0.2) is 24.3 Å². The molecule has 2 atom stereocenters. The van der Waals surface area contributed by atoms with E-state index in [9.17, 15) is 13.5 Å². The summed E-state index contributed by atoms with van der Waals surface area (Å²) in [7, 11) is -2.96. The SMILES string of the molecule is O=S1(=O)C[C@@H]2[C@@H](C1)SC(=S)N2c1cccc(O)c1. The summed E-state index contributed by atoms with van der Waals surface area (Å²) >= 11 is 6.75. The first-order valence-electron chi connectivity index (χ1n) is 5.45. The van der Waals surface area contributed by atoms with Crippen LogP contribution in [0.5, 0.6) is 5.75 Å². The monoisotopic (exact) mass is 301 g/mol. The first-order valence-corrected chi connectivity index (χ1v) is 8.56. The van der Waals surface area contributed by atoms with Gasteiger partial charge in [0.25, 0.3) is 0 Å². The van der Waals surface area contributed by atoms with E-state index in [0.717, 1.165) is 5.69 Å². The van der Waals surface area contributed by atoms with Gasteiger partial charge < -0.3 is 10.0 Å². The molecule has 4 nitrogen and oxygen atoms in total. The molecular weight excluding hydrogens is 290 g/mol. The quantitative estimate of drug-likeness (QED) is 0.791. The first kappa shape index (κ1) is 12.3. The van der Waals surface area contributed by atoms with Gasteiger partial charge in [-0.3, -0.25) is 0 Å². The average molecular weight is 301 g/mol. The molecule has 2 heterocycles. The zero-order chi connectivity index (χ0) is 12.9. The Kier molecular flexibility index (Phi) is 2.80. The fraction of sp³-hybridized carbons (Fsp3) is 0.364. The number of anilines is 1. The number of sulfone groups is 1. The van der Waals surface area contributed by atoms with Crippen molar-refractivity contribution in [3.8, 4) is 5.75 Å². The van der Waals surface area contributed by atoms with Gasteiger partial charge in [0.15, 0.2) is 9.84 Å². The molecule has 0 spiro atoms. The summed E-state index contributed by atoms with van der Waals surface area (Å²) < 4.78 is 24.0. The number of phenolic OH excluding ortho intramolecular Hbond substituents is 1. The highest BCUT2D eigenvalue weighted by atomic mass is 32.2. The minimum absolute atomic E-state index is 0.0184. The van der Waals surface area contributed by atoms with Gasteiger partial charge in [0.1, 0.15) is 10.1 Å². The largest absolute Gasteiger partial charge is 0.508 e. The highest BCUT2D eigenvalue weighted by molar-refractivity contribution is 8.24. The number of nitrogens with zero attached hydrogens (tertiary/aromatic N) is 1. The van der Waals surface area contributed by atoms with Crippen molar-refractivity contribution in [1.29, 1.82) is 0 Å². The van der Waals surface area contributed by atoms with Gasteiger partial charge in [0, 0.05) is 17.0 Å². The molecule has 0 unspecified atom stereocenters. The molecule has 1 N–H and O–H groups in total. The van der Waals surface area contributed by atoms with Crippen LogP contribution in [0, 0.1) is 0 Å². The summed E-state index contributed by atoms with van der Waals surface area (Å²) in [6.07, 6.45) is 0. The molecule has 3 rings (SSSR count). The molecule has 96 valence electrons. The maximum absolute atomic E-state index is 11.7. The second-order valence-corrected chi connectivity index (χ2v) is 8.48. The number of benzene rings is 1. The summed E-state index contributed by atoms with van der Waals surface area (Å²) in [5.74, 6) is 0.489. The van der Waals surface area contributed by atoms with E-state index >= 15 is 0 Å². The van der Waals surface area contributed by atoms with Crippen molar-refractivity contribution < 1.29 is 13.5 Å². The highest BCUT2D eigenvalue weighted by Gasteiger charge is 2.48. The number of thiocarbonyl (C=S) groups is 1. The maximum Gasteiger partial charge on any atom is 0.153 e. The van der Waals surface area contributed by atoms with Gasteiger partial charge in [0.05, 0.1) is 17.5 Å². The molecule has 0 saturated carbocycles. The van der Waals surface area contributed by atoms with Gasteiger partial charge in [-0.25, -0.2) is 8.42 Å². The predicted octanol–water partition coefficient (Wildman–Crippen LogP) is 1.40. The molecule has 2 fully saturated rings. The zero-order valence-corrected chi connectivity index (χ0v) is 11.8. The first-order chi connectivity index (χ1) is 8.46. The third-order valence-electron chi connectivity index (χ3n) is 3.16. The van der Waals surface area contributed by atoms with Crippen LogP contribution in [-0.2, 0) is 9.84 Å². The molecule has 2 saturated heterocycles. The Morgan fingerprint density at radius 1 is 1.39 bits per heavy atom. The second kappa shape index (κ2) is 4.11. The fourth-order valence-corrected chi connectivity index (χ4v) is 6.79. The van der Waals surface area contributed by atoms with Crippen LogP contribution in [0.4, 0.5) is 5.69 Å². The van der Waals surface area contributed by atoms with E-state index in [0.29, 0.717) is 4.32 Å². The molecule has 0 amide bonds. The average Bonchev–Trinajstić information content (AvgIpc) is 2.68. The Bertz CT molecular complexity index is 614. The topological polar surface area (TPSA) is 57.6 Å².